The molecule has 1 aliphatic rings. The largest absolute Gasteiger partial charge is 0.483 e. The monoisotopic (exact) mass is 631 g/mol. The minimum atomic E-state index is -0.621. The lowest BCUT2D eigenvalue weighted by molar-refractivity contribution is -0.384. The lowest BCUT2D eigenvalue weighted by Gasteiger charge is -2.22. The van der Waals surface area contributed by atoms with E-state index in [1.165, 1.54) is 30.3 Å². The molecule has 234 valence electrons. The summed E-state index contributed by atoms with van der Waals surface area (Å²) in [6.07, 6.45) is 1.49. The Bertz CT molecular complexity index is 1670. The molecule has 0 spiro atoms. The number of non-ortho nitro benzene ring substituents is 1. The second-order valence-electron chi connectivity index (χ2n) is 10.1. The van der Waals surface area contributed by atoms with Gasteiger partial charge in [-0.3, -0.25) is 34.2 Å². The molecule has 0 aromatic heterocycles. The molecule has 1 heterocycles. The Morgan fingerprint density at radius 1 is 0.978 bits per heavy atom. The van der Waals surface area contributed by atoms with Crippen LogP contribution in [0.2, 0.25) is 0 Å². The highest BCUT2D eigenvalue weighted by atomic mass is 32.2. The summed E-state index contributed by atoms with van der Waals surface area (Å²) < 4.78 is 5.88. The predicted octanol–water partition coefficient (Wildman–Crippen LogP) is 5.75. The van der Waals surface area contributed by atoms with Crippen molar-refractivity contribution in [2.45, 2.75) is 27.7 Å². The number of thioether (sulfide) groups is 1. The van der Waals surface area contributed by atoms with Gasteiger partial charge in [0.2, 0.25) is 5.91 Å². The first-order valence-corrected chi connectivity index (χ1v) is 15.0. The van der Waals surface area contributed by atoms with Crippen molar-refractivity contribution in [1.29, 1.82) is 0 Å². The molecule has 0 atom stereocenters. The molecule has 0 radical (unpaired) electrons. The Balaban J connectivity index is 1.52. The first kappa shape index (κ1) is 32.7. The molecule has 3 aromatic rings. The molecule has 4 amide bonds. The molecule has 0 aliphatic carbocycles. The predicted molar refractivity (Wildman–Crippen MR) is 174 cm³/mol. The van der Waals surface area contributed by atoms with E-state index in [4.69, 9.17) is 4.74 Å². The summed E-state index contributed by atoms with van der Waals surface area (Å²) in [5.41, 5.74) is 3.69. The molecular formula is C32H33N5O7S. The number of amides is 4. The van der Waals surface area contributed by atoms with Crippen LogP contribution in [0.5, 0.6) is 5.75 Å². The molecule has 0 unspecified atom stereocenters. The molecular weight excluding hydrogens is 598 g/mol. The number of hydrogen-bond acceptors (Lipinski definition) is 9. The van der Waals surface area contributed by atoms with Crippen LogP contribution in [0.15, 0.2) is 65.6 Å². The summed E-state index contributed by atoms with van der Waals surface area (Å²) in [7, 11) is 0. The van der Waals surface area contributed by atoms with Crippen LogP contribution in [0.3, 0.4) is 0 Å². The van der Waals surface area contributed by atoms with Crippen molar-refractivity contribution >= 4 is 63.5 Å². The van der Waals surface area contributed by atoms with Crippen molar-refractivity contribution in [1.82, 2.24) is 4.90 Å². The minimum Gasteiger partial charge on any atom is -0.483 e. The second kappa shape index (κ2) is 14.5. The normalized spacial score (nSPS) is 13.6. The van der Waals surface area contributed by atoms with Crippen molar-refractivity contribution in [2.24, 2.45) is 0 Å². The van der Waals surface area contributed by atoms with E-state index in [-0.39, 0.29) is 22.0 Å². The van der Waals surface area contributed by atoms with Gasteiger partial charge in [-0.2, -0.15) is 0 Å². The number of para-hydroxylation sites is 1. The molecule has 0 bridgehead atoms. The smallest absolute Gasteiger partial charge is 0.294 e. The third-order valence-electron chi connectivity index (χ3n) is 7.03. The van der Waals surface area contributed by atoms with Gasteiger partial charge in [0.25, 0.3) is 22.7 Å². The molecule has 1 saturated heterocycles. The number of nitro groups is 1. The fraction of sp³-hybridized carbons (Fsp3) is 0.250. The van der Waals surface area contributed by atoms with Crippen molar-refractivity contribution in [2.75, 3.05) is 41.8 Å². The number of nitrogens with zero attached hydrogens (tertiary/aromatic N) is 3. The van der Waals surface area contributed by atoms with E-state index in [2.05, 4.69) is 15.5 Å². The third-order valence-corrected chi connectivity index (χ3v) is 7.94. The summed E-state index contributed by atoms with van der Waals surface area (Å²) in [5.74, 6) is -1.39. The number of carbonyl (C=O) groups is 4. The Kier molecular flexibility index (Phi) is 10.6. The second-order valence-corrected chi connectivity index (χ2v) is 11.1. The van der Waals surface area contributed by atoms with E-state index in [1.807, 2.05) is 52.0 Å². The van der Waals surface area contributed by atoms with Gasteiger partial charge >= 0.3 is 0 Å². The molecule has 1 fully saturated rings. The maximum atomic E-state index is 13.2. The van der Waals surface area contributed by atoms with Crippen LogP contribution >= 0.6 is 11.8 Å². The fourth-order valence-electron chi connectivity index (χ4n) is 4.70. The minimum absolute atomic E-state index is 0.0985. The van der Waals surface area contributed by atoms with Gasteiger partial charge in [-0.25, -0.2) is 0 Å². The highest BCUT2D eigenvalue weighted by molar-refractivity contribution is 8.18. The third kappa shape index (κ3) is 8.06. The number of benzene rings is 3. The number of hydrogen-bond donors (Lipinski definition) is 2. The number of aryl methyl sites for hydroxylation is 2. The zero-order valence-electron chi connectivity index (χ0n) is 25.3. The Morgan fingerprint density at radius 3 is 2.33 bits per heavy atom. The maximum absolute atomic E-state index is 13.2. The molecule has 13 heteroatoms. The van der Waals surface area contributed by atoms with Crippen molar-refractivity contribution in [3.05, 3.63) is 92.4 Å². The summed E-state index contributed by atoms with van der Waals surface area (Å²) >= 11 is 0.707. The van der Waals surface area contributed by atoms with Crippen molar-refractivity contribution < 1.29 is 28.8 Å². The van der Waals surface area contributed by atoms with E-state index in [0.29, 0.717) is 36.1 Å². The van der Waals surface area contributed by atoms with Gasteiger partial charge in [-0.1, -0.05) is 24.3 Å². The van der Waals surface area contributed by atoms with E-state index >= 15 is 0 Å². The highest BCUT2D eigenvalue weighted by Gasteiger charge is 2.36. The molecule has 2 N–H and O–H groups in total. The summed E-state index contributed by atoms with van der Waals surface area (Å²) in [6.45, 7) is 8.26. The summed E-state index contributed by atoms with van der Waals surface area (Å²) in [6, 6.07) is 16.4. The Morgan fingerprint density at radius 2 is 1.67 bits per heavy atom. The van der Waals surface area contributed by atoms with Gasteiger partial charge in [0.1, 0.15) is 12.3 Å². The molecule has 0 saturated carbocycles. The van der Waals surface area contributed by atoms with Gasteiger partial charge in [-0.15, -0.1) is 0 Å². The number of carbonyl (C=O) groups excluding carboxylic acids is 4. The number of nitrogens with one attached hydrogen (secondary N) is 2. The van der Waals surface area contributed by atoms with Crippen LogP contribution in [0.4, 0.5) is 27.5 Å². The summed E-state index contributed by atoms with van der Waals surface area (Å²) in [4.78, 5) is 65.1. The van der Waals surface area contributed by atoms with Gasteiger partial charge in [0, 0.05) is 53.9 Å². The number of imide groups is 1. The highest BCUT2D eigenvalue weighted by Crippen LogP contribution is 2.35. The first-order chi connectivity index (χ1) is 21.5. The molecule has 4 rings (SSSR count). The van der Waals surface area contributed by atoms with E-state index in [0.717, 1.165) is 21.7 Å². The Hall–Kier alpha value is -5.17. The van der Waals surface area contributed by atoms with Crippen LogP contribution in [0.25, 0.3) is 6.08 Å². The lowest BCUT2D eigenvalue weighted by Crippen LogP contribution is -2.36. The van der Waals surface area contributed by atoms with Crippen molar-refractivity contribution in [3.63, 3.8) is 0 Å². The molecule has 3 aromatic carbocycles. The topological polar surface area (TPSA) is 151 Å². The van der Waals surface area contributed by atoms with Crippen molar-refractivity contribution in [3.8, 4) is 5.75 Å². The van der Waals surface area contributed by atoms with Gasteiger partial charge in [0.05, 0.1) is 9.83 Å². The average molecular weight is 632 g/mol. The first-order valence-electron chi connectivity index (χ1n) is 14.2. The quantitative estimate of drug-likeness (QED) is 0.145. The standard InChI is InChI=1S/C32H33N5O7S/c1-5-35(6-2)24-14-13-22(26(17-24)44-19-29(39)33-23-11-8-12-25(16-23)37(42)43)15-27-31(40)36(32(41)45-27)18-28(38)34-30-20(3)9-7-10-21(30)4/h7-17H,5-6,18-19H2,1-4H3,(H,33,39)(H,34,38)/b27-15+. The van der Waals surface area contributed by atoms with E-state index in [1.54, 1.807) is 12.1 Å². The fourth-order valence-corrected chi connectivity index (χ4v) is 5.53. The van der Waals surface area contributed by atoms with Crippen LogP contribution < -0.4 is 20.3 Å². The zero-order chi connectivity index (χ0) is 32.7. The zero-order valence-corrected chi connectivity index (χ0v) is 26.1. The van der Waals surface area contributed by atoms with E-state index < -0.39 is 41.0 Å². The molecule has 1 aliphatic heterocycles. The summed E-state index contributed by atoms with van der Waals surface area (Å²) in [5, 5.41) is 15.9. The number of anilines is 3. The van der Waals surface area contributed by atoms with E-state index in [9.17, 15) is 29.3 Å². The van der Waals surface area contributed by atoms with Crippen LogP contribution in [-0.4, -0.2) is 59.0 Å². The van der Waals surface area contributed by atoms with Crippen LogP contribution in [-0.2, 0) is 14.4 Å². The van der Waals surface area contributed by atoms with Crippen LogP contribution in [0.1, 0.15) is 30.5 Å². The molecule has 12 nitrogen and oxygen atoms in total. The number of ether oxygens (including phenoxy) is 1. The Labute approximate surface area is 264 Å². The average Bonchev–Trinajstić information content (AvgIpc) is 3.26. The molecule has 45 heavy (non-hydrogen) atoms. The van der Waals surface area contributed by atoms with Gasteiger partial charge in [0.15, 0.2) is 6.61 Å². The number of nitro benzene ring substituents is 1. The lowest BCUT2D eigenvalue weighted by atomic mass is 10.1. The number of rotatable bonds is 12. The van der Waals surface area contributed by atoms with Gasteiger partial charge in [-0.05, 0) is 74.9 Å². The van der Waals surface area contributed by atoms with Crippen LogP contribution in [0, 0.1) is 24.0 Å². The SMILES string of the molecule is CCN(CC)c1ccc(/C=C2/SC(=O)N(CC(=O)Nc3c(C)cccc3C)C2=O)c(OCC(=O)Nc2cccc([N+](=O)[O-])c2)c1. The van der Waals surface area contributed by atoms with Gasteiger partial charge < -0.3 is 20.3 Å². The maximum Gasteiger partial charge on any atom is 0.294 e.